The van der Waals surface area contributed by atoms with Gasteiger partial charge in [-0.25, -0.2) is 23.8 Å². The maximum Gasteiger partial charge on any atom is 0.246 e. The van der Waals surface area contributed by atoms with Crippen LogP contribution in [0.2, 0.25) is 5.02 Å². The van der Waals surface area contributed by atoms with Gasteiger partial charge < -0.3 is 19.1 Å². The fourth-order valence-corrected chi connectivity index (χ4v) is 7.74. The van der Waals surface area contributed by atoms with Crippen molar-refractivity contribution in [2.45, 2.75) is 6.54 Å². The lowest BCUT2D eigenvalue weighted by atomic mass is 10.2. The lowest BCUT2D eigenvalue weighted by Crippen LogP contribution is -2.48. The Morgan fingerprint density at radius 3 is 2.47 bits per heavy atom. The number of halogens is 1. The van der Waals surface area contributed by atoms with Crippen molar-refractivity contribution >= 4 is 77.2 Å². The van der Waals surface area contributed by atoms with E-state index < -0.39 is 10.0 Å². The topological polar surface area (TPSA) is 121 Å². The van der Waals surface area contributed by atoms with Crippen LogP contribution in [0.25, 0.3) is 21.3 Å². The smallest absolute Gasteiger partial charge is 0.246 e. The predicted octanol–water partition coefficient (Wildman–Crippen LogP) is 4.11. The van der Waals surface area contributed by atoms with Gasteiger partial charge in [0, 0.05) is 50.8 Å². The molecule has 0 aliphatic carbocycles. The highest BCUT2D eigenvalue weighted by Crippen LogP contribution is 2.38. The summed E-state index contributed by atoms with van der Waals surface area (Å²) in [6.07, 6.45) is 2.96. The molecule has 3 aromatic heterocycles. The Morgan fingerprint density at radius 1 is 0.956 bits per heavy atom. The SMILES string of the molecule is CS(=O)(=O)N1CCN(c2cc3nc(N/N=C/c4nc5ccccc5n4Cc4ccc(Cl)cc4)nc(N4CCOCC4)c3s2)CC1. The number of ether oxygens (including phenoxy) is 1. The number of hydrogen-bond donors (Lipinski definition) is 1. The fourth-order valence-electron chi connectivity index (χ4n) is 5.62. The van der Waals surface area contributed by atoms with Gasteiger partial charge in [-0.15, -0.1) is 11.3 Å². The van der Waals surface area contributed by atoms with E-state index in [0.29, 0.717) is 62.7 Å². The molecule has 2 aliphatic rings. The summed E-state index contributed by atoms with van der Waals surface area (Å²) >= 11 is 7.74. The second-order valence-corrected chi connectivity index (χ2v) is 14.4. The van der Waals surface area contributed by atoms with Crippen LogP contribution >= 0.6 is 22.9 Å². The van der Waals surface area contributed by atoms with Gasteiger partial charge in [-0.1, -0.05) is 35.9 Å². The molecule has 0 amide bonds. The number of morpholine rings is 1. The molecular weight excluding hydrogens is 634 g/mol. The lowest BCUT2D eigenvalue weighted by molar-refractivity contribution is 0.122. The summed E-state index contributed by atoms with van der Waals surface area (Å²) in [5.74, 6) is 1.91. The number of nitrogens with zero attached hydrogens (tertiary/aromatic N) is 8. The molecule has 0 spiro atoms. The van der Waals surface area contributed by atoms with E-state index in [1.807, 2.05) is 48.5 Å². The zero-order chi connectivity index (χ0) is 31.0. The molecule has 2 aliphatic heterocycles. The van der Waals surface area contributed by atoms with Gasteiger partial charge >= 0.3 is 0 Å². The van der Waals surface area contributed by atoms with Crippen molar-refractivity contribution in [1.82, 2.24) is 23.8 Å². The molecule has 15 heteroatoms. The molecule has 5 aromatic rings. The highest BCUT2D eigenvalue weighted by atomic mass is 35.5. The molecule has 0 saturated carbocycles. The highest BCUT2D eigenvalue weighted by Gasteiger charge is 2.26. The van der Waals surface area contributed by atoms with Gasteiger partial charge in [0.1, 0.15) is 0 Å². The first-order valence-electron chi connectivity index (χ1n) is 14.6. The van der Waals surface area contributed by atoms with E-state index in [2.05, 4.69) is 31.0 Å². The van der Waals surface area contributed by atoms with E-state index >= 15 is 0 Å². The van der Waals surface area contributed by atoms with Gasteiger partial charge in [-0.3, -0.25) is 0 Å². The van der Waals surface area contributed by atoms with Crippen LogP contribution in [0.4, 0.5) is 16.8 Å². The second kappa shape index (κ2) is 12.5. The Balaban J connectivity index is 1.17. The average molecular weight is 666 g/mol. The molecule has 45 heavy (non-hydrogen) atoms. The molecule has 5 heterocycles. The monoisotopic (exact) mass is 665 g/mol. The number of hydrogen-bond acceptors (Lipinski definition) is 11. The first kappa shape index (κ1) is 29.9. The van der Waals surface area contributed by atoms with Gasteiger partial charge in [-0.2, -0.15) is 14.4 Å². The molecule has 0 bridgehead atoms. The Labute approximate surface area is 270 Å². The van der Waals surface area contributed by atoms with Gasteiger partial charge in [0.05, 0.1) is 51.9 Å². The van der Waals surface area contributed by atoms with Crippen LogP contribution in [0.15, 0.2) is 59.7 Å². The van der Waals surface area contributed by atoms with Gasteiger partial charge in [0.25, 0.3) is 0 Å². The van der Waals surface area contributed by atoms with E-state index in [1.54, 1.807) is 17.6 Å². The Bertz CT molecular complexity index is 1960. The van der Waals surface area contributed by atoms with E-state index in [1.165, 1.54) is 10.6 Å². The molecule has 2 aromatic carbocycles. The summed E-state index contributed by atoms with van der Waals surface area (Å²) < 4.78 is 34.2. The average Bonchev–Trinajstić information content (AvgIpc) is 3.63. The molecule has 0 radical (unpaired) electrons. The number of benzene rings is 2. The molecule has 0 unspecified atom stereocenters. The normalized spacial score (nSPS) is 16.8. The zero-order valence-electron chi connectivity index (χ0n) is 24.6. The number of imidazole rings is 1. The van der Waals surface area contributed by atoms with Gasteiger partial charge in [0.15, 0.2) is 11.6 Å². The minimum absolute atomic E-state index is 0.381. The van der Waals surface area contributed by atoms with Gasteiger partial charge in [-0.05, 0) is 35.9 Å². The van der Waals surface area contributed by atoms with E-state index in [-0.39, 0.29) is 0 Å². The maximum atomic E-state index is 12.0. The zero-order valence-corrected chi connectivity index (χ0v) is 27.0. The number of nitrogens with one attached hydrogen (secondary N) is 1. The van der Waals surface area contributed by atoms with Crippen molar-refractivity contribution in [2.75, 3.05) is 74.0 Å². The van der Waals surface area contributed by atoms with E-state index in [4.69, 9.17) is 31.3 Å². The molecule has 234 valence electrons. The van der Waals surface area contributed by atoms with Crippen molar-refractivity contribution in [1.29, 1.82) is 0 Å². The number of rotatable bonds is 8. The quantitative estimate of drug-likeness (QED) is 0.193. The van der Waals surface area contributed by atoms with Crippen LogP contribution in [0.3, 0.4) is 0 Å². The molecule has 0 atom stereocenters. The first-order chi connectivity index (χ1) is 21.8. The highest BCUT2D eigenvalue weighted by molar-refractivity contribution is 7.88. The predicted molar refractivity (Wildman–Crippen MR) is 181 cm³/mol. The Hall–Kier alpha value is -3.82. The molecule has 7 rings (SSSR count). The number of hydrazone groups is 1. The molecule has 2 fully saturated rings. The summed E-state index contributed by atoms with van der Waals surface area (Å²) in [4.78, 5) is 19.0. The third-order valence-electron chi connectivity index (χ3n) is 7.95. The number of fused-ring (bicyclic) bond motifs is 2. The maximum absolute atomic E-state index is 12.0. The number of piperazine rings is 1. The van der Waals surface area contributed by atoms with Crippen molar-refractivity contribution in [2.24, 2.45) is 5.10 Å². The number of sulfonamides is 1. The van der Waals surface area contributed by atoms with Crippen molar-refractivity contribution < 1.29 is 13.2 Å². The van der Waals surface area contributed by atoms with E-state index in [9.17, 15) is 8.42 Å². The first-order valence-corrected chi connectivity index (χ1v) is 17.7. The number of anilines is 3. The fraction of sp³-hybridized carbons (Fsp3) is 0.333. The van der Waals surface area contributed by atoms with Crippen LogP contribution in [0.5, 0.6) is 0 Å². The molecule has 1 N–H and O–H groups in total. The van der Waals surface area contributed by atoms with E-state index in [0.717, 1.165) is 50.7 Å². The summed E-state index contributed by atoms with van der Waals surface area (Å²) in [5.41, 5.74) is 6.84. The molecule has 12 nitrogen and oxygen atoms in total. The summed E-state index contributed by atoms with van der Waals surface area (Å²) in [7, 11) is -3.20. The summed E-state index contributed by atoms with van der Waals surface area (Å²) in [6.45, 7) is 5.47. The Morgan fingerprint density at radius 2 is 1.71 bits per heavy atom. The van der Waals surface area contributed by atoms with Gasteiger partial charge in [0.2, 0.25) is 16.0 Å². The van der Waals surface area contributed by atoms with Crippen molar-refractivity contribution in [3.8, 4) is 0 Å². The standard InChI is InChI=1S/C30H32ClN9O3S2/c1-45(41,42)39-12-10-37(11-13-39)27-18-24-28(44-27)29(38-14-16-43-17-15-38)35-30(34-24)36-32-19-26-33-23-4-2-3-5-25(23)40(26)20-21-6-8-22(31)9-7-21/h2-9,18-19H,10-17,20H2,1H3,(H,34,35,36)/b32-19+. The third kappa shape index (κ3) is 6.47. The van der Waals surface area contributed by atoms with Crippen LogP contribution in [0.1, 0.15) is 11.4 Å². The summed E-state index contributed by atoms with van der Waals surface area (Å²) in [5, 5.41) is 6.26. The van der Waals surface area contributed by atoms with Crippen LogP contribution in [-0.2, 0) is 21.3 Å². The third-order valence-corrected chi connectivity index (χ3v) is 10.7. The minimum atomic E-state index is -3.20. The lowest BCUT2D eigenvalue weighted by Gasteiger charge is -2.33. The summed E-state index contributed by atoms with van der Waals surface area (Å²) in [6, 6.07) is 17.8. The van der Waals surface area contributed by atoms with Crippen LogP contribution < -0.4 is 15.2 Å². The molecule has 2 saturated heterocycles. The van der Waals surface area contributed by atoms with Crippen molar-refractivity contribution in [3.63, 3.8) is 0 Å². The largest absolute Gasteiger partial charge is 0.378 e. The van der Waals surface area contributed by atoms with Crippen LogP contribution in [0, 0.1) is 0 Å². The number of thiophene rings is 1. The minimum Gasteiger partial charge on any atom is -0.378 e. The number of aromatic nitrogens is 4. The van der Waals surface area contributed by atoms with Crippen LogP contribution in [-0.4, -0.2) is 97.2 Å². The number of para-hydroxylation sites is 2. The van der Waals surface area contributed by atoms with Crippen molar-refractivity contribution in [3.05, 3.63) is 71.0 Å². The second-order valence-electron chi connectivity index (χ2n) is 11.0. The molecular formula is C30H32ClN9O3S2. The Kier molecular flexibility index (Phi) is 8.31.